The van der Waals surface area contributed by atoms with Crippen LogP contribution in [0.2, 0.25) is 0 Å². The molecule has 0 unspecified atom stereocenters. The second kappa shape index (κ2) is 3.73. The first-order valence-corrected chi connectivity index (χ1v) is 5.92. The molecule has 2 aromatic rings. The minimum Gasteiger partial charge on any atom is -0.461 e. The van der Waals surface area contributed by atoms with E-state index in [9.17, 15) is 8.42 Å². The van der Waals surface area contributed by atoms with Gasteiger partial charge in [0, 0.05) is 6.20 Å². The third-order valence-corrected chi connectivity index (χ3v) is 2.84. The van der Waals surface area contributed by atoms with Gasteiger partial charge in [-0.05, 0) is 31.2 Å². The van der Waals surface area contributed by atoms with Gasteiger partial charge in [-0.1, -0.05) is 0 Å². The van der Waals surface area contributed by atoms with Crippen molar-refractivity contribution in [1.29, 1.82) is 0 Å². The highest BCUT2D eigenvalue weighted by Crippen LogP contribution is 2.26. The molecular weight excluding hydrogens is 230 g/mol. The topological polar surface area (TPSA) is 80.4 Å². The van der Waals surface area contributed by atoms with Gasteiger partial charge in [-0.3, -0.25) is 4.55 Å². The van der Waals surface area contributed by atoms with Crippen molar-refractivity contribution in [1.82, 2.24) is 4.98 Å². The van der Waals surface area contributed by atoms with Gasteiger partial charge in [-0.2, -0.15) is 8.42 Å². The van der Waals surface area contributed by atoms with Crippen LogP contribution in [0.3, 0.4) is 0 Å². The molecule has 0 saturated heterocycles. The first kappa shape index (κ1) is 10.8. The smallest absolute Gasteiger partial charge is 0.312 e. The molecule has 0 aliphatic carbocycles. The molecule has 0 bridgehead atoms. The Bertz CT molecular complexity index is 615. The standard InChI is InChI=1S/C10H9NO4S/c1-7-4-5-9(15-7)8-3-2-6-11-10(8)16(12,13)14/h2-6H,1H3,(H,12,13,14). The maximum Gasteiger partial charge on any atom is 0.312 e. The summed E-state index contributed by atoms with van der Waals surface area (Å²) in [6.45, 7) is 1.74. The van der Waals surface area contributed by atoms with Gasteiger partial charge in [0.15, 0.2) is 5.03 Å². The molecular formula is C10H9NO4S. The predicted octanol–water partition coefficient (Wildman–Crippen LogP) is 1.90. The summed E-state index contributed by atoms with van der Waals surface area (Å²) in [5.74, 6) is 1.01. The van der Waals surface area contributed by atoms with Crippen molar-refractivity contribution in [2.75, 3.05) is 0 Å². The number of pyridine rings is 1. The van der Waals surface area contributed by atoms with E-state index in [1.165, 1.54) is 12.3 Å². The van der Waals surface area contributed by atoms with Gasteiger partial charge in [-0.25, -0.2) is 4.98 Å². The molecule has 2 rings (SSSR count). The maximum atomic E-state index is 11.1. The third kappa shape index (κ3) is 1.98. The molecule has 6 heteroatoms. The third-order valence-electron chi connectivity index (χ3n) is 2.02. The first-order chi connectivity index (χ1) is 7.48. The molecule has 2 heterocycles. The van der Waals surface area contributed by atoms with Crippen molar-refractivity contribution in [3.8, 4) is 11.3 Å². The summed E-state index contributed by atoms with van der Waals surface area (Å²) in [7, 11) is -4.34. The molecule has 16 heavy (non-hydrogen) atoms. The SMILES string of the molecule is Cc1ccc(-c2cccnc2S(=O)(=O)O)o1. The van der Waals surface area contributed by atoms with E-state index in [2.05, 4.69) is 4.98 Å². The van der Waals surface area contributed by atoms with Crippen LogP contribution in [0.1, 0.15) is 5.76 Å². The van der Waals surface area contributed by atoms with Gasteiger partial charge < -0.3 is 4.42 Å². The Hall–Kier alpha value is -1.66. The maximum absolute atomic E-state index is 11.1. The zero-order valence-corrected chi connectivity index (χ0v) is 9.23. The van der Waals surface area contributed by atoms with E-state index in [1.54, 1.807) is 25.1 Å². The number of furan rings is 1. The lowest BCUT2D eigenvalue weighted by atomic mass is 10.2. The van der Waals surface area contributed by atoms with E-state index in [1.807, 2.05) is 0 Å². The molecule has 1 N–H and O–H groups in total. The van der Waals surface area contributed by atoms with E-state index >= 15 is 0 Å². The van der Waals surface area contributed by atoms with E-state index in [0.717, 1.165) is 0 Å². The molecule has 0 saturated carbocycles. The Kier molecular flexibility index (Phi) is 2.53. The van der Waals surface area contributed by atoms with Crippen LogP contribution in [0.4, 0.5) is 0 Å². The van der Waals surface area contributed by atoms with Crippen LogP contribution in [0, 0.1) is 6.92 Å². The monoisotopic (exact) mass is 239 g/mol. The number of aromatic nitrogens is 1. The quantitative estimate of drug-likeness (QED) is 0.809. The number of nitrogens with zero attached hydrogens (tertiary/aromatic N) is 1. The molecule has 0 aliphatic rings. The summed E-state index contributed by atoms with van der Waals surface area (Å²) >= 11 is 0. The first-order valence-electron chi connectivity index (χ1n) is 4.48. The normalized spacial score (nSPS) is 11.6. The van der Waals surface area contributed by atoms with E-state index in [0.29, 0.717) is 11.5 Å². The van der Waals surface area contributed by atoms with Crippen LogP contribution < -0.4 is 0 Å². The van der Waals surface area contributed by atoms with Crippen molar-refractivity contribution in [3.63, 3.8) is 0 Å². The largest absolute Gasteiger partial charge is 0.461 e. The van der Waals surface area contributed by atoms with Crippen molar-refractivity contribution in [2.45, 2.75) is 11.9 Å². The molecule has 0 fully saturated rings. The Morgan fingerprint density at radius 1 is 1.31 bits per heavy atom. The minimum atomic E-state index is -4.34. The Morgan fingerprint density at radius 3 is 2.62 bits per heavy atom. The summed E-state index contributed by atoms with van der Waals surface area (Å²) in [6.07, 6.45) is 1.29. The molecule has 0 spiro atoms. The van der Waals surface area contributed by atoms with E-state index < -0.39 is 15.1 Å². The summed E-state index contributed by atoms with van der Waals surface area (Å²) in [5.41, 5.74) is 0.248. The minimum absolute atomic E-state index is 0.248. The highest BCUT2D eigenvalue weighted by Gasteiger charge is 2.19. The zero-order valence-electron chi connectivity index (χ0n) is 8.41. The summed E-state index contributed by atoms with van der Waals surface area (Å²) in [6, 6.07) is 6.42. The van der Waals surface area contributed by atoms with Crippen LogP contribution in [0.15, 0.2) is 39.9 Å². The molecule has 0 amide bonds. The fraction of sp³-hybridized carbons (Fsp3) is 0.100. The summed E-state index contributed by atoms with van der Waals surface area (Å²) < 4.78 is 36.5. The number of aryl methyl sites for hydroxylation is 1. The highest BCUT2D eigenvalue weighted by atomic mass is 32.2. The van der Waals surface area contributed by atoms with Crippen molar-refractivity contribution in [2.24, 2.45) is 0 Å². The second-order valence-electron chi connectivity index (χ2n) is 3.24. The van der Waals surface area contributed by atoms with Crippen LogP contribution in [0.25, 0.3) is 11.3 Å². The fourth-order valence-electron chi connectivity index (χ4n) is 1.36. The molecule has 0 aliphatic heterocycles. The van der Waals surface area contributed by atoms with Gasteiger partial charge >= 0.3 is 10.1 Å². The number of rotatable bonds is 2. The van der Waals surface area contributed by atoms with Crippen LogP contribution in [-0.2, 0) is 10.1 Å². The van der Waals surface area contributed by atoms with Crippen molar-refractivity contribution < 1.29 is 17.4 Å². The molecule has 0 aromatic carbocycles. The predicted molar refractivity (Wildman–Crippen MR) is 56.5 cm³/mol. The van der Waals surface area contributed by atoms with Crippen molar-refractivity contribution >= 4 is 10.1 Å². The van der Waals surface area contributed by atoms with Crippen molar-refractivity contribution in [3.05, 3.63) is 36.2 Å². The average Bonchev–Trinajstić information content (AvgIpc) is 2.64. The molecule has 84 valence electrons. The lowest BCUT2D eigenvalue weighted by molar-refractivity contribution is 0.478. The summed E-state index contributed by atoms with van der Waals surface area (Å²) in [5, 5.41) is -0.399. The Labute approximate surface area is 92.5 Å². The van der Waals surface area contributed by atoms with E-state index in [4.69, 9.17) is 8.97 Å². The lowest BCUT2D eigenvalue weighted by Gasteiger charge is -2.02. The zero-order chi connectivity index (χ0) is 11.8. The van der Waals surface area contributed by atoms with Crippen LogP contribution in [-0.4, -0.2) is 18.0 Å². The lowest BCUT2D eigenvalue weighted by Crippen LogP contribution is -2.03. The Balaban J connectivity index is 2.66. The Morgan fingerprint density at radius 2 is 2.06 bits per heavy atom. The molecule has 0 radical (unpaired) electrons. The van der Waals surface area contributed by atoms with Gasteiger partial charge in [0.2, 0.25) is 0 Å². The molecule has 5 nitrogen and oxygen atoms in total. The van der Waals surface area contributed by atoms with E-state index in [-0.39, 0.29) is 5.56 Å². The van der Waals surface area contributed by atoms with Crippen LogP contribution >= 0.6 is 0 Å². The highest BCUT2D eigenvalue weighted by molar-refractivity contribution is 7.85. The van der Waals surface area contributed by atoms with Gasteiger partial charge in [-0.15, -0.1) is 0 Å². The fourth-order valence-corrected chi connectivity index (χ4v) is 2.00. The number of hydrogen-bond donors (Lipinski definition) is 1. The van der Waals surface area contributed by atoms with Crippen LogP contribution in [0.5, 0.6) is 0 Å². The second-order valence-corrected chi connectivity index (χ2v) is 4.58. The van der Waals surface area contributed by atoms with Gasteiger partial charge in [0.25, 0.3) is 0 Å². The number of hydrogen-bond acceptors (Lipinski definition) is 4. The van der Waals surface area contributed by atoms with Gasteiger partial charge in [0.1, 0.15) is 11.5 Å². The molecule has 0 atom stereocenters. The summed E-state index contributed by atoms with van der Waals surface area (Å²) in [4.78, 5) is 3.64. The molecule has 2 aromatic heterocycles. The average molecular weight is 239 g/mol. The van der Waals surface area contributed by atoms with Gasteiger partial charge in [0.05, 0.1) is 5.56 Å².